The smallest absolute Gasteiger partial charge is 0.341 e. The summed E-state index contributed by atoms with van der Waals surface area (Å²) < 4.78 is 41.5. The van der Waals surface area contributed by atoms with Crippen molar-refractivity contribution in [2.75, 3.05) is 16.3 Å². The molecule has 8 rings (SSSR count). The lowest BCUT2D eigenvalue weighted by molar-refractivity contribution is -0.137. The molecule has 0 aliphatic carbocycles. The molecule has 3 nitrogen and oxygen atoms in total. The molecule has 0 unspecified atom stereocenters. The van der Waals surface area contributed by atoms with E-state index in [4.69, 9.17) is 0 Å². The van der Waals surface area contributed by atoms with E-state index in [1.165, 1.54) is 17.7 Å². The van der Waals surface area contributed by atoms with E-state index in [1.54, 1.807) is 6.07 Å². The first-order valence-electron chi connectivity index (χ1n) is 14.9. The summed E-state index contributed by atoms with van der Waals surface area (Å²) in [5.41, 5.74) is 5.39. The second-order valence-electron chi connectivity index (χ2n) is 11.5. The molecular formula is C39H26F3N3. The van der Waals surface area contributed by atoms with Crippen molar-refractivity contribution in [3.63, 3.8) is 0 Å². The normalized spacial score (nSPS) is 13.3. The summed E-state index contributed by atoms with van der Waals surface area (Å²) in [4.78, 5) is 4.27. The maximum atomic E-state index is 13.8. The summed E-state index contributed by atoms with van der Waals surface area (Å²) in [6, 6.07) is 40.1. The molecule has 6 heteroatoms. The Labute approximate surface area is 258 Å². The minimum absolute atomic E-state index is 0.438. The van der Waals surface area contributed by atoms with Gasteiger partial charge in [-0.3, -0.25) is 0 Å². The number of fused-ring (bicyclic) bond motifs is 1. The average molecular weight is 594 g/mol. The van der Waals surface area contributed by atoms with Gasteiger partial charge in [0.15, 0.2) is 0 Å². The van der Waals surface area contributed by atoms with E-state index in [1.807, 2.05) is 53.4 Å². The van der Waals surface area contributed by atoms with Crippen LogP contribution < -0.4 is 9.80 Å². The first-order valence-corrected chi connectivity index (χ1v) is 14.9. The van der Waals surface area contributed by atoms with Crippen LogP contribution in [0, 0.1) is 11.3 Å². The third kappa shape index (κ3) is 4.43. The maximum absolute atomic E-state index is 13.8. The second-order valence-corrected chi connectivity index (χ2v) is 11.5. The van der Waals surface area contributed by atoms with Crippen LogP contribution in [0.5, 0.6) is 0 Å². The van der Waals surface area contributed by atoms with Crippen molar-refractivity contribution in [1.82, 2.24) is 0 Å². The van der Waals surface area contributed by atoms with Crippen molar-refractivity contribution in [2.45, 2.75) is 19.0 Å². The summed E-state index contributed by atoms with van der Waals surface area (Å²) in [6.07, 6.45) is -2.54. The Bertz CT molecular complexity index is 2270. The summed E-state index contributed by atoms with van der Waals surface area (Å²) in [7, 11) is 0. The molecule has 7 aromatic carbocycles. The van der Waals surface area contributed by atoms with Gasteiger partial charge in [-0.25, -0.2) is 0 Å². The predicted molar refractivity (Wildman–Crippen MR) is 176 cm³/mol. The van der Waals surface area contributed by atoms with Crippen LogP contribution in [-0.2, 0) is 12.6 Å². The van der Waals surface area contributed by atoms with E-state index in [2.05, 4.69) is 59.5 Å². The van der Waals surface area contributed by atoms with Crippen molar-refractivity contribution in [3.05, 3.63) is 138 Å². The molecule has 0 N–H and O–H groups in total. The molecule has 218 valence electrons. The number of hydrogen-bond donors (Lipinski definition) is 0. The molecule has 1 aliphatic heterocycles. The highest BCUT2D eigenvalue weighted by atomic mass is 19.4. The number of aryl methyl sites for hydroxylation is 1. The van der Waals surface area contributed by atoms with Gasteiger partial charge >= 0.3 is 6.18 Å². The van der Waals surface area contributed by atoms with Gasteiger partial charge in [0.05, 0.1) is 22.9 Å². The Morgan fingerprint density at radius 2 is 1.36 bits per heavy atom. The average Bonchev–Trinajstić information content (AvgIpc) is 3.07. The van der Waals surface area contributed by atoms with Crippen LogP contribution >= 0.6 is 0 Å². The Hall–Kier alpha value is -5.54. The molecule has 0 atom stereocenters. The lowest BCUT2D eigenvalue weighted by atomic mass is 9.91. The van der Waals surface area contributed by atoms with Crippen molar-refractivity contribution in [1.29, 1.82) is 5.26 Å². The highest BCUT2D eigenvalue weighted by molar-refractivity contribution is 6.28. The Morgan fingerprint density at radius 1 is 0.667 bits per heavy atom. The van der Waals surface area contributed by atoms with Crippen molar-refractivity contribution >= 4 is 60.8 Å². The van der Waals surface area contributed by atoms with Gasteiger partial charge in [0.1, 0.15) is 0 Å². The van der Waals surface area contributed by atoms with E-state index in [-0.39, 0.29) is 0 Å². The number of halogens is 3. The standard InChI is InChI=1S/C39H26F3N3/c40-39(41,42)29-7-4-10-31(23-29)45(30-8-2-1-3-9-30)36-20-15-27-12-16-32-35(19-14-26-13-17-33(36)38(27)37(26)32)44-21-5-6-28-22-25(24-43)11-18-34(28)44/h1-4,7-20,22-23H,5-6,21H2. The van der Waals surface area contributed by atoms with Gasteiger partial charge in [-0.2, -0.15) is 18.4 Å². The van der Waals surface area contributed by atoms with Gasteiger partial charge in [0.2, 0.25) is 0 Å². The van der Waals surface area contributed by atoms with Gasteiger partial charge in [0, 0.05) is 40.1 Å². The lowest BCUT2D eigenvalue weighted by Gasteiger charge is -2.33. The molecule has 1 aliphatic rings. The fourth-order valence-corrected chi connectivity index (χ4v) is 6.94. The molecular weight excluding hydrogens is 567 g/mol. The first-order chi connectivity index (χ1) is 21.9. The molecule has 0 saturated carbocycles. The number of anilines is 5. The summed E-state index contributed by atoms with van der Waals surface area (Å²) in [5, 5.41) is 15.9. The predicted octanol–water partition coefficient (Wildman–Crippen LogP) is 11.0. The van der Waals surface area contributed by atoms with E-state index in [0.717, 1.165) is 80.5 Å². The highest BCUT2D eigenvalue weighted by Crippen LogP contribution is 2.47. The van der Waals surface area contributed by atoms with Gasteiger partial charge in [-0.1, -0.05) is 60.7 Å². The van der Waals surface area contributed by atoms with Crippen LogP contribution in [0.2, 0.25) is 0 Å². The van der Waals surface area contributed by atoms with E-state index >= 15 is 0 Å². The van der Waals surface area contributed by atoms with Gasteiger partial charge in [0.25, 0.3) is 0 Å². The quantitative estimate of drug-likeness (QED) is 0.190. The minimum Gasteiger partial charge on any atom is -0.341 e. The van der Waals surface area contributed by atoms with Crippen molar-refractivity contribution < 1.29 is 13.2 Å². The number of rotatable bonds is 4. The van der Waals surface area contributed by atoms with E-state index in [9.17, 15) is 18.4 Å². The third-order valence-corrected chi connectivity index (χ3v) is 8.92. The van der Waals surface area contributed by atoms with Crippen LogP contribution in [0.15, 0.2) is 121 Å². The Kier molecular flexibility index (Phi) is 6.18. The first kappa shape index (κ1) is 27.0. The van der Waals surface area contributed by atoms with Crippen LogP contribution in [0.25, 0.3) is 32.3 Å². The monoisotopic (exact) mass is 593 g/mol. The fraction of sp³-hybridized carbons (Fsp3) is 0.103. The second kappa shape index (κ2) is 10.3. The number of hydrogen-bond acceptors (Lipinski definition) is 3. The molecule has 0 bridgehead atoms. The van der Waals surface area contributed by atoms with Gasteiger partial charge < -0.3 is 9.80 Å². The zero-order valence-corrected chi connectivity index (χ0v) is 24.1. The van der Waals surface area contributed by atoms with Crippen LogP contribution in [0.1, 0.15) is 23.1 Å². The van der Waals surface area contributed by atoms with Crippen molar-refractivity contribution in [3.8, 4) is 6.07 Å². The maximum Gasteiger partial charge on any atom is 0.416 e. The van der Waals surface area contributed by atoms with Crippen LogP contribution in [-0.4, -0.2) is 6.54 Å². The molecule has 0 amide bonds. The molecule has 45 heavy (non-hydrogen) atoms. The third-order valence-electron chi connectivity index (χ3n) is 8.92. The molecule has 1 heterocycles. The fourth-order valence-electron chi connectivity index (χ4n) is 6.94. The number of nitrogens with zero attached hydrogens (tertiary/aromatic N) is 3. The molecule has 0 radical (unpaired) electrons. The van der Waals surface area contributed by atoms with Crippen LogP contribution in [0.4, 0.5) is 41.6 Å². The van der Waals surface area contributed by atoms with Gasteiger partial charge in [-0.15, -0.1) is 0 Å². The molecule has 7 aromatic rings. The molecule has 0 fully saturated rings. The number of alkyl halides is 3. The largest absolute Gasteiger partial charge is 0.416 e. The minimum atomic E-state index is -4.46. The Balaban J connectivity index is 1.37. The lowest BCUT2D eigenvalue weighted by Crippen LogP contribution is -2.24. The number of nitriles is 1. The van der Waals surface area contributed by atoms with Crippen molar-refractivity contribution in [2.24, 2.45) is 0 Å². The SMILES string of the molecule is N#Cc1ccc2c(c1)CCCN2c1ccc2ccc3c(N(c4ccccc4)c4cccc(C(F)(F)F)c4)ccc4ccc1c2c43. The zero-order valence-electron chi connectivity index (χ0n) is 24.1. The Morgan fingerprint density at radius 3 is 2.13 bits per heavy atom. The molecule has 0 saturated heterocycles. The topological polar surface area (TPSA) is 30.3 Å². The summed E-state index contributed by atoms with van der Waals surface area (Å²) in [5.74, 6) is 0. The summed E-state index contributed by atoms with van der Waals surface area (Å²) in [6.45, 7) is 0.867. The number of para-hydroxylation sites is 1. The number of benzene rings is 7. The molecule has 0 aromatic heterocycles. The van der Waals surface area contributed by atoms with E-state index < -0.39 is 11.7 Å². The molecule has 0 spiro atoms. The van der Waals surface area contributed by atoms with E-state index in [0.29, 0.717) is 11.3 Å². The van der Waals surface area contributed by atoms with Crippen LogP contribution in [0.3, 0.4) is 0 Å². The highest BCUT2D eigenvalue weighted by Gasteiger charge is 2.31. The summed E-state index contributed by atoms with van der Waals surface area (Å²) >= 11 is 0. The zero-order chi connectivity index (χ0) is 30.7. The van der Waals surface area contributed by atoms with Gasteiger partial charge in [-0.05, 0) is 101 Å².